The molecule has 2 N–H and O–H groups in total. The predicted molar refractivity (Wildman–Crippen MR) is 116 cm³/mol. The van der Waals surface area contributed by atoms with E-state index in [0.29, 0.717) is 31.8 Å². The van der Waals surface area contributed by atoms with Gasteiger partial charge in [0.25, 0.3) is 0 Å². The van der Waals surface area contributed by atoms with E-state index in [0.717, 1.165) is 16.9 Å². The molecule has 3 aromatic carbocycles. The summed E-state index contributed by atoms with van der Waals surface area (Å²) in [5.41, 5.74) is 4.50. The lowest BCUT2D eigenvalue weighted by molar-refractivity contribution is -0.127. The van der Waals surface area contributed by atoms with Crippen molar-refractivity contribution in [2.75, 3.05) is 6.79 Å². The van der Waals surface area contributed by atoms with E-state index in [1.807, 2.05) is 42.5 Å². The van der Waals surface area contributed by atoms with Gasteiger partial charge in [0.05, 0.1) is 6.04 Å². The molecule has 0 saturated carbocycles. The maximum Gasteiger partial charge on any atom is 0.237 e. The monoisotopic (exact) mass is 416 g/mol. The topological polar surface area (TPSA) is 71.0 Å². The van der Waals surface area contributed by atoms with E-state index in [2.05, 4.69) is 22.3 Å². The number of amides is 1. The molecule has 6 nitrogen and oxygen atoms in total. The zero-order chi connectivity index (χ0) is 21.2. The highest BCUT2D eigenvalue weighted by Gasteiger charge is 2.31. The van der Waals surface area contributed by atoms with Crippen molar-refractivity contribution in [2.24, 2.45) is 0 Å². The van der Waals surface area contributed by atoms with Gasteiger partial charge in [0.1, 0.15) is 5.75 Å². The third-order valence-electron chi connectivity index (χ3n) is 5.87. The second kappa shape index (κ2) is 8.32. The zero-order valence-electron chi connectivity index (χ0n) is 17.1. The molecule has 0 aliphatic carbocycles. The Hall–Kier alpha value is -3.51. The lowest BCUT2D eigenvalue weighted by Crippen LogP contribution is -2.49. The number of phenolic OH excluding ortho intramolecular Hbond substituents is 1. The van der Waals surface area contributed by atoms with E-state index in [-0.39, 0.29) is 24.5 Å². The van der Waals surface area contributed by atoms with Crippen LogP contribution in [0.15, 0.2) is 66.7 Å². The fraction of sp³-hybridized carbons (Fsp3) is 0.240. The average Bonchev–Trinajstić information content (AvgIpc) is 3.26. The second-order valence-electron chi connectivity index (χ2n) is 7.97. The molecule has 1 unspecified atom stereocenters. The minimum atomic E-state index is -0.266. The molecule has 5 rings (SSSR count). The van der Waals surface area contributed by atoms with Crippen LogP contribution in [-0.4, -0.2) is 28.7 Å². The minimum absolute atomic E-state index is 0.00551. The quantitative estimate of drug-likeness (QED) is 0.667. The van der Waals surface area contributed by atoms with Crippen LogP contribution in [0.3, 0.4) is 0 Å². The number of rotatable bonds is 5. The lowest BCUT2D eigenvalue weighted by atomic mass is 9.93. The number of carbonyl (C=O) groups excluding carboxylic acids is 1. The van der Waals surface area contributed by atoms with Crippen molar-refractivity contribution in [2.45, 2.75) is 32.1 Å². The summed E-state index contributed by atoms with van der Waals surface area (Å²) in [6, 6.07) is 20.9. The summed E-state index contributed by atoms with van der Waals surface area (Å²) < 4.78 is 10.8. The smallest absolute Gasteiger partial charge is 0.237 e. The molecule has 1 amide bonds. The summed E-state index contributed by atoms with van der Waals surface area (Å²) in [6.07, 6.45) is 0.668. The highest BCUT2D eigenvalue weighted by atomic mass is 16.7. The minimum Gasteiger partial charge on any atom is -0.508 e. The van der Waals surface area contributed by atoms with Crippen LogP contribution in [-0.2, 0) is 30.8 Å². The van der Waals surface area contributed by atoms with E-state index in [4.69, 9.17) is 9.47 Å². The van der Waals surface area contributed by atoms with Crippen molar-refractivity contribution in [3.05, 3.63) is 89.0 Å². The van der Waals surface area contributed by atoms with Gasteiger partial charge in [0.15, 0.2) is 11.5 Å². The summed E-state index contributed by atoms with van der Waals surface area (Å²) in [5.74, 6) is 1.70. The molecule has 6 heteroatoms. The van der Waals surface area contributed by atoms with Gasteiger partial charge >= 0.3 is 0 Å². The molecule has 0 radical (unpaired) electrons. The molecule has 2 heterocycles. The Morgan fingerprint density at radius 2 is 1.71 bits per heavy atom. The van der Waals surface area contributed by atoms with Crippen molar-refractivity contribution in [1.82, 2.24) is 10.2 Å². The van der Waals surface area contributed by atoms with Gasteiger partial charge in [-0.1, -0.05) is 42.5 Å². The molecule has 0 saturated heterocycles. The van der Waals surface area contributed by atoms with Gasteiger partial charge in [-0.2, -0.15) is 0 Å². The first-order valence-corrected chi connectivity index (χ1v) is 10.4. The number of ether oxygens (including phenoxy) is 2. The van der Waals surface area contributed by atoms with Crippen LogP contribution in [0.4, 0.5) is 0 Å². The molecular weight excluding hydrogens is 392 g/mol. The van der Waals surface area contributed by atoms with Crippen molar-refractivity contribution in [1.29, 1.82) is 0 Å². The predicted octanol–water partition coefficient (Wildman–Crippen LogP) is 3.36. The van der Waals surface area contributed by atoms with E-state index >= 15 is 0 Å². The van der Waals surface area contributed by atoms with Crippen LogP contribution in [0.1, 0.15) is 22.3 Å². The van der Waals surface area contributed by atoms with Crippen molar-refractivity contribution in [3.63, 3.8) is 0 Å². The number of nitrogens with zero attached hydrogens (tertiary/aromatic N) is 1. The van der Waals surface area contributed by atoms with Crippen molar-refractivity contribution < 1.29 is 19.4 Å². The number of hydrogen-bond donors (Lipinski definition) is 2. The third kappa shape index (κ3) is 4.20. The average molecular weight is 416 g/mol. The summed E-state index contributed by atoms with van der Waals surface area (Å²) >= 11 is 0. The Balaban J connectivity index is 1.32. The fourth-order valence-electron chi connectivity index (χ4n) is 4.20. The maximum atomic E-state index is 13.2. The molecule has 31 heavy (non-hydrogen) atoms. The fourth-order valence-corrected chi connectivity index (χ4v) is 4.20. The van der Waals surface area contributed by atoms with Gasteiger partial charge in [0.2, 0.25) is 12.7 Å². The highest BCUT2D eigenvalue weighted by Crippen LogP contribution is 2.32. The first-order valence-electron chi connectivity index (χ1n) is 10.4. The molecule has 0 spiro atoms. The first-order chi connectivity index (χ1) is 15.2. The standard InChI is InChI=1S/C25H24N2O4/c28-21-8-5-17(6-9-21)14-27-15-20-4-2-1-3-19(20)12-22(27)25(29)26-13-18-7-10-23-24(11-18)31-16-30-23/h1-11,22,28H,12-16H2,(H,26,29). The van der Waals surface area contributed by atoms with Crippen LogP contribution in [0.25, 0.3) is 0 Å². The molecule has 3 aromatic rings. The van der Waals surface area contributed by atoms with Gasteiger partial charge in [-0.3, -0.25) is 9.69 Å². The van der Waals surface area contributed by atoms with Crippen molar-refractivity contribution >= 4 is 5.91 Å². The van der Waals surface area contributed by atoms with E-state index in [1.54, 1.807) is 12.1 Å². The maximum absolute atomic E-state index is 13.2. The molecular formula is C25H24N2O4. The molecule has 158 valence electrons. The molecule has 0 bridgehead atoms. The summed E-state index contributed by atoms with van der Waals surface area (Å²) in [4.78, 5) is 15.4. The Morgan fingerprint density at radius 3 is 2.55 bits per heavy atom. The Bertz CT molecular complexity index is 1100. The highest BCUT2D eigenvalue weighted by molar-refractivity contribution is 5.82. The number of hydrogen-bond acceptors (Lipinski definition) is 5. The third-order valence-corrected chi connectivity index (χ3v) is 5.87. The Labute approximate surface area is 181 Å². The number of carbonyl (C=O) groups is 1. The Morgan fingerprint density at radius 1 is 0.968 bits per heavy atom. The zero-order valence-corrected chi connectivity index (χ0v) is 17.1. The molecule has 0 aromatic heterocycles. The van der Waals surface area contributed by atoms with Crippen LogP contribution in [0, 0.1) is 0 Å². The van der Waals surface area contributed by atoms with Gasteiger partial charge in [0, 0.05) is 19.6 Å². The van der Waals surface area contributed by atoms with Crippen LogP contribution >= 0.6 is 0 Å². The first kappa shape index (κ1) is 19.5. The van der Waals surface area contributed by atoms with Gasteiger partial charge in [-0.25, -0.2) is 0 Å². The number of aromatic hydroxyl groups is 1. The van der Waals surface area contributed by atoms with E-state index < -0.39 is 0 Å². The van der Waals surface area contributed by atoms with Gasteiger partial charge in [-0.05, 0) is 52.9 Å². The van der Waals surface area contributed by atoms with Crippen molar-refractivity contribution in [3.8, 4) is 17.2 Å². The van der Waals surface area contributed by atoms with Crippen LogP contribution in [0.5, 0.6) is 17.2 Å². The van der Waals surface area contributed by atoms with Crippen LogP contribution in [0.2, 0.25) is 0 Å². The molecule has 1 atom stereocenters. The summed E-state index contributed by atoms with van der Waals surface area (Å²) in [6.45, 7) is 2.01. The normalized spacial score (nSPS) is 17.2. The van der Waals surface area contributed by atoms with Gasteiger partial charge in [-0.15, -0.1) is 0 Å². The SMILES string of the molecule is O=C(NCc1ccc2c(c1)OCO2)C1Cc2ccccc2CN1Cc1ccc(O)cc1. The summed E-state index contributed by atoms with van der Waals surface area (Å²) in [5, 5.41) is 12.7. The number of phenols is 1. The van der Waals surface area contributed by atoms with Crippen LogP contribution < -0.4 is 14.8 Å². The van der Waals surface area contributed by atoms with Gasteiger partial charge < -0.3 is 19.9 Å². The number of benzene rings is 3. The Kier molecular flexibility index (Phi) is 5.22. The molecule has 2 aliphatic rings. The number of nitrogens with one attached hydrogen (secondary N) is 1. The van der Waals surface area contributed by atoms with E-state index in [1.165, 1.54) is 11.1 Å². The second-order valence-corrected chi connectivity index (χ2v) is 7.97. The number of fused-ring (bicyclic) bond motifs is 2. The van der Waals surface area contributed by atoms with E-state index in [9.17, 15) is 9.90 Å². The molecule has 0 fully saturated rings. The summed E-state index contributed by atoms with van der Waals surface area (Å²) in [7, 11) is 0. The largest absolute Gasteiger partial charge is 0.508 e. The lowest BCUT2D eigenvalue weighted by Gasteiger charge is -2.36. The molecule has 2 aliphatic heterocycles.